The van der Waals surface area contributed by atoms with E-state index in [4.69, 9.17) is 4.74 Å². The summed E-state index contributed by atoms with van der Waals surface area (Å²) in [5, 5.41) is 2.77. The van der Waals surface area contributed by atoms with Crippen molar-refractivity contribution in [3.8, 4) is 5.75 Å². The van der Waals surface area contributed by atoms with Crippen LogP contribution in [0.2, 0.25) is 0 Å². The summed E-state index contributed by atoms with van der Waals surface area (Å²) in [6.07, 6.45) is 0.640. The Morgan fingerprint density at radius 3 is 2.15 bits per heavy atom. The standard InChI is InChI=1S/C27H30FN3O6S2/c1-2-37-24-11-7-23(8-12-24)30-39(35,36)25-13-9-22(10-14-25)29-27(32)20-15-17-31(18-16-20)38(33,34)19-21-5-3-4-6-26(21)28/h3-14,20,30H,2,15-19H2,1H3,(H,29,32). The predicted octanol–water partition coefficient (Wildman–Crippen LogP) is 4.21. The van der Waals surface area contributed by atoms with Crippen LogP contribution in [0.1, 0.15) is 25.3 Å². The molecule has 0 unspecified atom stereocenters. The average Bonchev–Trinajstić information content (AvgIpc) is 2.91. The molecule has 9 nitrogen and oxygen atoms in total. The Hall–Kier alpha value is -3.48. The van der Waals surface area contributed by atoms with Crippen molar-refractivity contribution in [3.63, 3.8) is 0 Å². The second kappa shape index (κ2) is 12.1. The number of rotatable bonds is 10. The maximum Gasteiger partial charge on any atom is 0.261 e. The monoisotopic (exact) mass is 575 g/mol. The second-order valence-electron chi connectivity index (χ2n) is 9.10. The minimum atomic E-state index is -3.84. The molecule has 0 bridgehead atoms. The first-order valence-electron chi connectivity index (χ1n) is 12.5. The van der Waals surface area contributed by atoms with E-state index in [1.807, 2.05) is 6.92 Å². The van der Waals surface area contributed by atoms with Gasteiger partial charge in [0.2, 0.25) is 15.9 Å². The summed E-state index contributed by atoms with van der Waals surface area (Å²) in [7, 11) is -7.56. The number of amides is 1. The SMILES string of the molecule is CCOc1ccc(NS(=O)(=O)c2ccc(NC(=O)C3CCN(S(=O)(=O)Cc4ccccc4F)CC3)cc2)cc1. The maximum absolute atomic E-state index is 13.9. The molecular weight excluding hydrogens is 545 g/mol. The Kier molecular flexibility index (Phi) is 8.88. The van der Waals surface area contributed by atoms with Gasteiger partial charge < -0.3 is 10.1 Å². The predicted molar refractivity (Wildman–Crippen MR) is 147 cm³/mol. The number of anilines is 2. The minimum absolute atomic E-state index is 0.0303. The molecule has 1 amide bonds. The van der Waals surface area contributed by atoms with Gasteiger partial charge in [0.15, 0.2) is 0 Å². The Bertz CT molecular complexity index is 1500. The molecule has 12 heteroatoms. The number of carbonyl (C=O) groups is 1. The molecule has 1 fully saturated rings. The van der Waals surface area contributed by atoms with E-state index >= 15 is 0 Å². The highest BCUT2D eigenvalue weighted by molar-refractivity contribution is 7.92. The Morgan fingerprint density at radius 2 is 1.54 bits per heavy atom. The first-order chi connectivity index (χ1) is 18.6. The highest BCUT2D eigenvalue weighted by atomic mass is 32.2. The van der Waals surface area contributed by atoms with Crippen molar-refractivity contribution in [1.29, 1.82) is 0 Å². The van der Waals surface area contributed by atoms with Crippen LogP contribution in [0.25, 0.3) is 0 Å². The third-order valence-electron chi connectivity index (χ3n) is 6.36. The fourth-order valence-electron chi connectivity index (χ4n) is 4.26. The van der Waals surface area contributed by atoms with Gasteiger partial charge in [0.25, 0.3) is 10.0 Å². The van der Waals surface area contributed by atoms with Crippen LogP contribution in [0.3, 0.4) is 0 Å². The van der Waals surface area contributed by atoms with Gasteiger partial charge in [-0.15, -0.1) is 0 Å². The third kappa shape index (κ3) is 7.34. The quantitative estimate of drug-likeness (QED) is 0.374. The lowest BCUT2D eigenvalue weighted by Crippen LogP contribution is -2.42. The van der Waals surface area contributed by atoms with Crippen molar-refractivity contribution in [3.05, 3.63) is 84.2 Å². The molecule has 0 saturated carbocycles. The molecule has 1 saturated heterocycles. The molecule has 0 aliphatic carbocycles. The minimum Gasteiger partial charge on any atom is -0.494 e. The molecule has 0 spiro atoms. The van der Waals surface area contributed by atoms with Gasteiger partial charge >= 0.3 is 0 Å². The van der Waals surface area contributed by atoms with Crippen LogP contribution in [0, 0.1) is 11.7 Å². The molecule has 3 aromatic carbocycles. The fourth-order valence-corrected chi connectivity index (χ4v) is 6.90. The molecule has 0 aromatic heterocycles. The summed E-state index contributed by atoms with van der Waals surface area (Å²) >= 11 is 0. The molecule has 208 valence electrons. The molecule has 1 aliphatic heterocycles. The van der Waals surface area contributed by atoms with Crippen LogP contribution in [0.4, 0.5) is 15.8 Å². The summed E-state index contributed by atoms with van der Waals surface area (Å²) in [5.41, 5.74) is 0.922. The number of nitrogens with zero attached hydrogens (tertiary/aromatic N) is 1. The summed E-state index contributed by atoms with van der Waals surface area (Å²) in [6.45, 7) is 2.68. The van der Waals surface area contributed by atoms with Crippen LogP contribution in [0.15, 0.2) is 77.7 Å². The number of hydrogen-bond donors (Lipinski definition) is 2. The van der Waals surface area contributed by atoms with Gasteiger partial charge in [-0.05, 0) is 74.4 Å². The van der Waals surface area contributed by atoms with Crippen molar-refractivity contribution >= 4 is 37.3 Å². The summed E-state index contributed by atoms with van der Waals surface area (Å²) in [6, 6.07) is 18.1. The summed E-state index contributed by atoms with van der Waals surface area (Å²) in [5.74, 6) is -1.05. The first-order valence-corrected chi connectivity index (χ1v) is 15.5. The van der Waals surface area contributed by atoms with Crippen LogP contribution in [0.5, 0.6) is 5.75 Å². The van der Waals surface area contributed by atoms with Crippen molar-refractivity contribution in [2.45, 2.75) is 30.4 Å². The van der Waals surface area contributed by atoms with E-state index in [0.29, 0.717) is 36.6 Å². The molecular formula is C27H30FN3O6S2. The Labute approximate surface area is 228 Å². The number of piperidine rings is 1. The molecule has 39 heavy (non-hydrogen) atoms. The van der Waals surface area contributed by atoms with E-state index in [1.54, 1.807) is 30.3 Å². The van der Waals surface area contributed by atoms with Gasteiger partial charge in [-0.1, -0.05) is 18.2 Å². The van der Waals surface area contributed by atoms with Crippen LogP contribution in [-0.4, -0.2) is 46.7 Å². The van der Waals surface area contributed by atoms with E-state index in [0.717, 1.165) is 0 Å². The van der Waals surface area contributed by atoms with Crippen LogP contribution in [-0.2, 0) is 30.6 Å². The number of carbonyl (C=O) groups excluding carboxylic acids is 1. The van der Waals surface area contributed by atoms with E-state index in [2.05, 4.69) is 10.0 Å². The number of nitrogens with one attached hydrogen (secondary N) is 2. The lowest BCUT2D eigenvalue weighted by molar-refractivity contribution is -0.120. The zero-order valence-electron chi connectivity index (χ0n) is 21.3. The second-order valence-corrected chi connectivity index (χ2v) is 12.7. The lowest BCUT2D eigenvalue weighted by atomic mass is 9.97. The number of hydrogen-bond acceptors (Lipinski definition) is 6. The van der Waals surface area contributed by atoms with Gasteiger partial charge in [-0.25, -0.2) is 25.5 Å². The van der Waals surface area contributed by atoms with Gasteiger partial charge in [0.05, 0.1) is 17.3 Å². The molecule has 1 aliphatic rings. The van der Waals surface area contributed by atoms with Gasteiger partial charge in [0.1, 0.15) is 11.6 Å². The van der Waals surface area contributed by atoms with Crippen molar-refractivity contribution in [2.24, 2.45) is 5.92 Å². The van der Waals surface area contributed by atoms with Gasteiger partial charge in [-0.2, -0.15) is 0 Å². The zero-order chi connectivity index (χ0) is 28.0. The first kappa shape index (κ1) is 28.5. The number of ether oxygens (including phenoxy) is 1. The number of benzene rings is 3. The maximum atomic E-state index is 13.9. The molecule has 0 atom stereocenters. The highest BCUT2D eigenvalue weighted by Gasteiger charge is 2.31. The molecule has 0 radical (unpaired) electrons. The smallest absolute Gasteiger partial charge is 0.261 e. The Morgan fingerprint density at radius 1 is 0.923 bits per heavy atom. The molecule has 3 aromatic rings. The van der Waals surface area contributed by atoms with Gasteiger partial charge in [-0.3, -0.25) is 9.52 Å². The van der Waals surface area contributed by atoms with Gasteiger partial charge in [0, 0.05) is 35.9 Å². The average molecular weight is 576 g/mol. The number of sulfonamides is 2. The Balaban J connectivity index is 1.30. The highest BCUT2D eigenvalue weighted by Crippen LogP contribution is 2.25. The number of halogens is 1. The van der Waals surface area contributed by atoms with Crippen LogP contribution < -0.4 is 14.8 Å². The van der Waals surface area contributed by atoms with Crippen molar-refractivity contribution in [1.82, 2.24) is 4.31 Å². The zero-order valence-corrected chi connectivity index (χ0v) is 23.0. The third-order valence-corrected chi connectivity index (χ3v) is 9.59. The van der Waals surface area contributed by atoms with E-state index in [-0.39, 0.29) is 29.5 Å². The van der Waals surface area contributed by atoms with E-state index in [1.165, 1.54) is 46.8 Å². The van der Waals surface area contributed by atoms with Crippen molar-refractivity contribution < 1.29 is 30.8 Å². The lowest BCUT2D eigenvalue weighted by Gasteiger charge is -2.30. The van der Waals surface area contributed by atoms with E-state index in [9.17, 15) is 26.0 Å². The normalized spacial score (nSPS) is 15.0. The largest absolute Gasteiger partial charge is 0.494 e. The van der Waals surface area contributed by atoms with Crippen LogP contribution >= 0.6 is 0 Å². The topological polar surface area (TPSA) is 122 Å². The van der Waals surface area contributed by atoms with E-state index < -0.39 is 37.5 Å². The fraction of sp³-hybridized carbons (Fsp3) is 0.296. The summed E-state index contributed by atoms with van der Waals surface area (Å²) < 4.78 is 74.0. The molecule has 2 N–H and O–H groups in total. The van der Waals surface area contributed by atoms with Crippen molar-refractivity contribution in [2.75, 3.05) is 29.7 Å². The molecule has 1 heterocycles. The molecule has 4 rings (SSSR count). The summed E-state index contributed by atoms with van der Waals surface area (Å²) in [4.78, 5) is 12.8.